The summed E-state index contributed by atoms with van der Waals surface area (Å²) in [7, 11) is 0. The Hall–Kier alpha value is -2.58. The number of rotatable bonds is 9. The number of nitrogens with zero attached hydrogens (tertiary/aromatic N) is 5. The molecule has 8 nitrogen and oxygen atoms in total. The van der Waals surface area contributed by atoms with Gasteiger partial charge in [0, 0.05) is 24.2 Å². The van der Waals surface area contributed by atoms with Crippen molar-refractivity contribution < 1.29 is 5.11 Å². The van der Waals surface area contributed by atoms with Crippen LogP contribution >= 0.6 is 0 Å². The third kappa shape index (κ3) is 4.44. The summed E-state index contributed by atoms with van der Waals surface area (Å²) in [5, 5.41) is 23.2. The molecule has 3 aromatic rings. The van der Waals surface area contributed by atoms with E-state index in [1.165, 1.54) is 0 Å². The average molecular weight is 413 g/mol. The summed E-state index contributed by atoms with van der Waals surface area (Å²) >= 11 is 0. The zero-order valence-electron chi connectivity index (χ0n) is 18.5. The monoisotopic (exact) mass is 412 g/mol. The van der Waals surface area contributed by atoms with Crippen molar-refractivity contribution in [3.05, 3.63) is 51.6 Å². The number of aromatic nitrogens is 5. The zero-order chi connectivity index (χ0) is 21.9. The highest BCUT2D eigenvalue weighted by molar-refractivity contribution is 5.79. The molecule has 0 aliphatic carbocycles. The lowest BCUT2D eigenvalue weighted by molar-refractivity contribution is 0.125. The zero-order valence-corrected chi connectivity index (χ0v) is 18.5. The molecule has 0 saturated heterocycles. The van der Waals surface area contributed by atoms with Gasteiger partial charge in [-0.2, -0.15) is 0 Å². The molecule has 2 N–H and O–H groups in total. The predicted octanol–water partition coefficient (Wildman–Crippen LogP) is 2.91. The van der Waals surface area contributed by atoms with E-state index in [4.69, 9.17) is 0 Å². The van der Waals surface area contributed by atoms with Crippen molar-refractivity contribution in [1.82, 2.24) is 30.1 Å². The molecule has 0 aliphatic rings. The van der Waals surface area contributed by atoms with Gasteiger partial charge >= 0.3 is 0 Å². The van der Waals surface area contributed by atoms with Gasteiger partial charge in [-0.3, -0.25) is 9.69 Å². The standard InChI is InChI=1S/C22H32N6O2/c1-6-19(20-24-25-26-28(20)22(4,5)7-2)27(10-11-29)14-17-13-16-9-8-15(3)12-18(16)23-21(17)30/h8-9,12-13,19,29H,6-7,10-11,14H2,1-5H3,(H,23,30)/t19-/m0/s1. The molecule has 0 fully saturated rings. The maximum absolute atomic E-state index is 12.8. The van der Waals surface area contributed by atoms with Crippen molar-refractivity contribution in [2.45, 2.75) is 65.6 Å². The molecule has 2 heterocycles. The van der Waals surface area contributed by atoms with E-state index in [-0.39, 0.29) is 23.7 Å². The molecule has 3 rings (SSSR count). The number of aliphatic hydroxyl groups is 1. The van der Waals surface area contributed by atoms with Gasteiger partial charge in [-0.15, -0.1) is 5.10 Å². The largest absolute Gasteiger partial charge is 0.395 e. The number of fused-ring (bicyclic) bond motifs is 1. The highest BCUT2D eigenvalue weighted by Crippen LogP contribution is 2.28. The molecular weight excluding hydrogens is 380 g/mol. The van der Waals surface area contributed by atoms with Crippen LogP contribution in [0, 0.1) is 6.92 Å². The molecular formula is C22H32N6O2. The van der Waals surface area contributed by atoms with Crippen LogP contribution in [0.1, 0.15) is 63.5 Å². The lowest BCUT2D eigenvalue weighted by Gasteiger charge is -2.32. The molecule has 1 aromatic carbocycles. The summed E-state index contributed by atoms with van der Waals surface area (Å²) in [5.41, 5.74) is 2.25. The van der Waals surface area contributed by atoms with Crippen LogP contribution < -0.4 is 5.56 Å². The van der Waals surface area contributed by atoms with Gasteiger partial charge in [-0.05, 0) is 67.1 Å². The first-order valence-electron chi connectivity index (χ1n) is 10.6. The van der Waals surface area contributed by atoms with Crippen molar-refractivity contribution in [2.75, 3.05) is 13.2 Å². The number of hydrogen-bond donors (Lipinski definition) is 2. The Morgan fingerprint density at radius 2 is 2.03 bits per heavy atom. The van der Waals surface area contributed by atoms with Gasteiger partial charge in [0.15, 0.2) is 5.82 Å². The van der Waals surface area contributed by atoms with Crippen molar-refractivity contribution in [3.63, 3.8) is 0 Å². The quantitative estimate of drug-likeness (QED) is 0.561. The Morgan fingerprint density at radius 3 is 2.70 bits per heavy atom. The van der Waals surface area contributed by atoms with Crippen LogP contribution in [0.25, 0.3) is 10.9 Å². The van der Waals surface area contributed by atoms with E-state index >= 15 is 0 Å². The van der Waals surface area contributed by atoms with Gasteiger partial charge in [-0.25, -0.2) is 4.68 Å². The Balaban J connectivity index is 1.99. The van der Waals surface area contributed by atoms with Gasteiger partial charge in [0.2, 0.25) is 0 Å². The SMILES string of the molecule is CC[C@@H](c1nnnn1C(C)(C)CC)N(CCO)Cc1cc2ccc(C)cc2[nH]c1=O. The molecule has 0 radical (unpaired) electrons. The highest BCUT2D eigenvalue weighted by Gasteiger charge is 2.30. The fourth-order valence-electron chi connectivity index (χ4n) is 3.76. The molecule has 162 valence electrons. The van der Waals surface area contributed by atoms with E-state index in [0.717, 1.165) is 35.1 Å². The van der Waals surface area contributed by atoms with Crippen LogP contribution in [0.3, 0.4) is 0 Å². The van der Waals surface area contributed by atoms with Gasteiger partial charge in [0.25, 0.3) is 5.56 Å². The molecule has 1 atom stereocenters. The average Bonchev–Trinajstić information content (AvgIpc) is 3.20. The summed E-state index contributed by atoms with van der Waals surface area (Å²) in [6, 6.07) is 7.84. The Kier molecular flexibility index (Phi) is 6.67. The first kappa shape index (κ1) is 22.1. The topological polar surface area (TPSA) is 99.9 Å². The molecule has 2 aromatic heterocycles. The molecule has 0 bridgehead atoms. The van der Waals surface area contributed by atoms with E-state index < -0.39 is 0 Å². The highest BCUT2D eigenvalue weighted by atomic mass is 16.3. The fourth-order valence-corrected chi connectivity index (χ4v) is 3.76. The summed E-state index contributed by atoms with van der Waals surface area (Å²) in [6.45, 7) is 11.2. The van der Waals surface area contributed by atoms with Crippen molar-refractivity contribution in [1.29, 1.82) is 0 Å². The molecule has 0 saturated carbocycles. The number of H-pyrrole nitrogens is 1. The second-order valence-corrected chi connectivity index (χ2v) is 8.45. The van der Waals surface area contributed by atoms with Crippen LogP contribution in [0.5, 0.6) is 0 Å². The number of aromatic amines is 1. The van der Waals surface area contributed by atoms with Crippen molar-refractivity contribution >= 4 is 10.9 Å². The fraction of sp³-hybridized carbons (Fsp3) is 0.545. The molecule has 0 aliphatic heterocycles. The third-order valence-electron chi connectivity index (χ3n) is 5.90. The number of aliphatic hydroxyl groups excluding tert-OH is 1. The number of nitrogens with one attached hydrogen (secondary N) is 1. The van der Waals surface area contributed by atoms with E-state index in [2.05, 4.69) is 53.1 Å². The Bertz CT molecular complexity index is 1060. The number of tetrazole rings is 1. The first-order valence-corrected chi connectivity index (χ1v) is 10.6. The third-order valence-corrected chi connectivity index (χ3v) is 5.90. The number of benzene rings is 1. The van der Waals surface area contributed by atoms with Crippen LogP contribution in [-0.4, -0.2) is 48.3 Å². The van der Waals surface area contributed by atoms with Crippen LogP contribution in [-0.2, 0) is 12.1 Å². The lowest BCUT2D eigenvalue weighted by atomic mass is 10.0. The van der Waals surface area contributed by atoms with Gasteiger partial charge in [-0.1, -0.05) is 26.0 Å². The maximum Gasteiger partial charge on any atom is 0.252 e. The summed E-state index contributed by atoms with van der Waals surface area (Å²) in [6.07, 6.45) is 1.64. The Labute approximate surface area is 176 Å². The van der Waals surface area contributed by atoms with E-state index in [0.29, 0.717) is 18.7 Å². The van der Waals surface area contributed by atoms with Gasteiger partial charge < -0.3 is 10.1 Å². The predicted molar refractivity (Wildman–Crippen MR) is 117 cm³/mol. The van der Waals surface area contributed by atoms with Gasteiger partial charge in [0.1, 0.15) is 0 Å². The molecule has 0 unspecified atom stereocenters. The van der Waals surface area contributed by atoms with Gasteiger partial charge in [0.05, 0.1) is 18.2 Å². The minimum Gasteiger partial charge on any atom is -0.395 e. The number of aryl methyl sites for hydroxylation is 1. The second-order valence-electron chi connectivity index (χ2n) is 8.45. The van der Waals surface area contributed by atoms with Crippen LogP contribution in [0.2, 0.25) is 0 Å². The smallest absolute Gasteiger partial charge is 0.252 e. The normalized spacial score (nSPS) is 13.3. The molecule has 30 heavy (non-hydrogen) atoms. The summed E-state index contributed by atoms with van der Waals surface area (Å²) in [4.78, 5) is 17.8. The van der Waals surface area contributed by atoms with Crippen LogP contribution in [0.4, 0.5) is 0 Å². The molecule has 8 heteroatoms. The number of pyridine rings is 1. The van der Waals surface area contributed by atoms with E-state index in [9.17, 15) is 9.90 Å². The minimum atomic E-state index is -0.227. The van der Waals surface area contributed by atoms with E-state index in [1.807, 2.05) is 35.9 Å². The summed E-state index contributed by atoms with van der Waals surface area (Å²) in [5.74, 6) is 0.755. The van der Waals surface area contributed by atoms with E-state index in [1.54, 1.807) is 0 Å². The minimum absolute atomic E-state index is 0.0140. The molecule has 0 spiro atoms. The molecule has 0 amide bonds. The first-order chi connectivity index (χ1) is 14.3. The van der Waals surface area contributed by atoms with Crippen LogP contribution in [0.15, 0.2) is 29.1 Å². The lowest BCUT2D eigenvalue weighted by Crippen LogP contribution is -2.37. The maximum atomic E-state index is 12.8. The van der Waals surface area contributed by atoms with Crippen molar-refractivity contribution in [2.24, 2.45) is 0 Å². The van der Waals surface area contributed by atoms with Crippen molar-refractivity contribution in [3.8, 4) is 0 Å². The Morgan fingerprint density at radius 1 is 1.27 bits per heavy atom. The number of hydrogen-bond acceptors (Lipinski definition) is 6. The second kappa shape index (κ2) is 9.06. The summed E-state index contributed by atoms with van der Waals surface area (Å²) < 4.78 is 1.87.